The van der Waals surface area contributed by atoms with Gasteiger partial charge in [0.15, 0.2) is 0 Å². The molecule has 0 aliphatic carbocycles. The molecule has 0 unspecified atom stereocenters. The van der Waals surface area contributed by atoms with Crippen LogP contribution in [-0.2, 0) is 4.79 Å². The minimum absolute atomic E-state index is 0.121. The number of carbonyl (C=O) groups excluding carboxylic acids is 3. The highest BCUT2D eigenvalue weighted by molar-refractivity contribution is 6.34. The minimum atomic E-state index is -0.643. The summed E-state index contributed by atoms with van der Waals surface area (Å²) >= 11 is 6.21. The minimum Gasteiger partial charge on any atom is -0.364 e. The van der Waals surface area contributed by atoms with Gasteiger partial charge in [0.25, 0.3) is 11.8 Å². The van der Waals surface area contributed by atoms with Crippen molar-refractivity contribution in [3.05, 3.63) is 58.7 Å². The number of nitrogens with two attached hydrogens (primary N) is 1. The van der Waals surface area contributed by atoms with Crippen molar-refractivity contribution in [1.29, 1.82) is 0 Å². The summed E-state index contributed by atoms with van der Waals surface area (Å²) in [6, 6.07) is 12.2. The van der Waals surface area contributed by atoms with E-state index in [0.717, 1.165) is 0 Å². The van der Waals surface area contributed by atoms with E-state index in [1.165, 1.54) is 10.6 Å². The lowest BCUT2D eigenvalue weighted by molar-refractivity contribution is -0.133. The average Bonchev–Trinajstić information content (AvgIpc) is 3.14. The van der Waals surface area contributed by atoms with Crippen LogP contribution in [0, 0.1) is 5.92 Å². The van der Waals surface area contributed by atoms with Crippen molar-refractivity contribution in [2.45, 2.75) is 20.3 Å². The van der Waals surface area contributed by atoms with Gasteiger partial charge in [-0.1, -0.05) is 43.6 Å². The van der Waals surface area contributed by atoms with E-state index in [0.29, 0.717) is 65.9 Å². The van der Waals surface area contributed by atoms with Crippen LogP contribution in [0.2, 0.25) is 5.02 Å². The Morgan fingerprint density at radius 2 is 1.70 bits per heavy atom. The highest BCUT2D eigenvalue weighted by Crippen LogP contribution is 2.27. The van der Waals surface area contributed by atoms with Crippen LogP contribution in [-0.4, -0.2) is 63.3 Å². The van der Waals surface area contributed by atoms with E-state index in [9.17, 15) is 14.4 Å². The van der Waals surface area contributed by atoms with Crippen LogP contribution in [0.5, 0.6) is 0 Å². The first kappa shape index (κ1) is 22.8. The number of rotatable bonds is 5. The molecule has 1 aromatic carbocycles. The average molecular weight is 468 g/mol. The molecule has 2 aromatic heterocycles. The van der Waals surface area contributed by atoms with Crippen molar-refractivity contribution in [3.63, 3.8) is 0 Å². The lowest BCUT2D eigenvalue weighted by Gasteiger charge is -2.35. The quantitative estimate of drug-likeness (QED) is 0.623. The van der Waals surface area contributed by atoms with Crippen molar-refractivity contribution in [2.24, 2.45) is 11.7 Å². The van der Waals surface area contributed by atoms with E-state index in [1.54, 1.807) is 29.2 Å². The van der Waals surface area contributed by atoms with Gasteiger partial charge in [-0.2, -0.15) is 5.10 Å². The number of carbonyl (C=O) groups is 3. The van der Waals surface area contributed by atoms with Crippen molar-refractivity contribution >= 4 is 34.8 Å². The lowest BCUT2D eigenvalue weighted by atomic mass is 10.0. The van der Waals surface area contributed by atoms with Gasteiger partial charge in [-0.3, -0.25) is 14.4 Å². The maximum atomic E-state index is 13.4. The smallest absolute Gasteiger partial charge is 0.267 e. The zero-order valence-electron chi connectivity index (χ0n) is 18.6. The van der Waals surface area contributed by atoms with Gasteiger partial charge in [-0.15, -0.1) is 0 Å². The molecule has 1 fully saturated rings. The second-order valence-corrected chi connectivity index (χ2v) is 8.98. The van der Waals surface area contributed by atoms with E-state index in [4.69, 9.17) is 17.3 Å². The number of fused-ring (bicyclic) bond motifs is 1. The fourth-order valence-electron chi connectivity index (χ4n) is 4.06. The molecule has 172 valence electrons. The number of primary amides is 1. The molecule has 4 rings (SSSR count). The summed E-state index contributed by atoms with van der Waals surface area (Å²) < 4.78 is 1.40. The highest BCUT2D eigenvalue weighted by Gasteiger charge is 2.27. The van der Waals surface area contributed by atoms with E-state index in [1.807, 2.05) is 30.9 Å². The monoisotopic (exact) mass is 467 g/mol. The Balaban J connectivity index is 1.60. The van der Waals surface area contributed by atoms with E-state index >= 15 is 0 Å². The standard InChI is InChI=1S/C24H26ClN5O3/c1-15(2)13-22(31)28-9-11-29(12-10-28)24(33)17-6-4-3-5-16(17)19-7-8-20-18(25)14-21(23(26)32)30(20)27-19/h3-8,14-15H,9-13H2,1-2H3,(H2,26,32). The summed E-state index contributed by atoms with van der Waals surface area (Å²) in [5.41, 5.74) is 7.86. The Morgan fingerprint density at radius 3 is 2.36 bits per heavy atom. The van der Waals surface area contributed by atoms with Gasteiger partial charge in [0, 0.05) is 43.7 Å². The van der Waals surface area contributed by atoms with Gasteiger partial charge in [0.2, 0.25) is 5.91 Å². The van der Waals surface area contributed by atoms with Crippen LogP contribution in [0.25, 0.3) is 16.8 Å². The Bertz CT molecular complexity index is 1230. The highest BCUT2D eigenvalue weighted by atomic mass is 35.5. The van der Waals surface area contributed by atoms with Gasteiger partial charge in [-0.05, 0) is 30.2 Å². The first-order valence-electron chi connectivity index (χ1n) is 10.9. The maximum absolute atomic E-state index is 13.4. The normalized spacial score (nSPS) is 14.2. The molecular weight excluding hydrogens is 442 g/mol. The van der Waals surface area contributed by atoms with Gasteiger partial charge in [0.1, 0.15) is 5.69 Å². The summed E-state index contributed by atoms with van der Waals surface area (Å²) in [5, 5.41) is 4.92. The number of piperazine rings is 1. The molecule has 1 aliphatic rings. The predicted octanol–water partition coefficient (Wildman–Crippen LogP) is 3.08. The SMILES string of the molecule is CC(C)CC(=O)N1CCN(C(=O)c2ccccc2-c2ccc3c(Cl)cc(C(N)=O)n3n2)CC1. The zero-order chi connectivity index (χ0) is 23.7. The lowest BCUT2D eigenvalue weighted by Crippen LogP contribution is -2.50. The van der Waals surface area contributed by atoms with Crippen LogP contribution >= 0.6 is 11.6 Å². The van der Waals surface area contributed by atoms with Gasteiger partial charge in [0.05, 0.1) is 16.2 Å². The third kappa shape index (κ3) is 4.57. The number of benzene rings is 1. The molecule has 2 N–H and O–H groups in total. The molecule has 8 nitrogen and oxygen atoms in total. The first-order valence-corrected chi connectivity index (χ1v) is 11.3. The Morgan fingerprint density at radius 1 is 1.03 bits per heavy atom. The molecular formula is C24H26ClN5O3. The molecule has 1 saturated heterocycles. The van der Waals surface area contributed by atoms with E-state index in [-0.39, 0.29) is 17.5 Å². The number of aromatic nitrogens is 2. The maximum Gasteiger partial charge on any atom is 0.267 e. The molecule has 9 heteroatoms. The van der Waals surface area contributed by atoms with Gasteiger partial charge in [-0.25, -0.2) is 4.52 Å². The molecule has 0 atom stereocenters. The Kier molecular flexibility index (Phi) is 6.37. The summed E-state index contributed by atoms with van der Waals surface area (Å²) in [7, 11) is 0. The van der Waals surface area contributed by atoms with Gasteiger partial charge >= 0.3 is 0 Å². The number of halogens is 1. The van der Waals surface area contributed by atoms with Crippen LogP contribution in [0.4, 0.5) is 0 Å². The second kappa shape index (κ2) is 9.23. The largest absolute Gasteiger partial charge is 0.364 e. The van der Waals surface area contributed by atoms with Crippen LogP contribution < -0.4 is 5.73 Å². The third-order valence-corrected chi connectivity index (χ3v) is 6.06. The van der Waals surface area contributed by atoms with Crippen LogP contribution in [0.3, 0.4) is 0 Å². The molecule has 3 amide bonds. The predicted molar refractivity (Wildman–Crippen MR) is 126 cm³/mol. The number of amides is 3. The molecule has 0 saturated carbocycles. The summed E-state index contributed by atoms with van der Waals surface area (Å²) in [6.07, 6.45) is 0.516. The topological polar surface area (TPSA) is 101 Å². The summed E-state index contributed by atoms with van der Waals surface area (Å²) in [4.78, 5) is 41.1. The van der Waals surface area contributed by atoms with Crippen LogP contribution in [0.1, 0.15) is 41.1 Å². The molecule has 0 radical (unpaired) electrons. The fraction of sp³-hybridized carbons (Fsp3) is 0.333. The molecule has 0 bridgehead atoms. The van der Waals surface area contributed by atoms with Crippen molar-refractivity contribution in [2.75, 3.05) is 26.2 Å². The fourth-order valence-corrected chi connectivity index (χ4v) is 4.31. The molecule has 0 spiro atoms. The molecule has 3 heterocycles. The van der Waals surface area contributed by atoms with E-state index in [2.05, 4.69) is 5.10 Å². The number of hydrogen-bond donors (Lipinski definition) is 1. The number of nitrogens with zero attached hydrogens (tertiary/aromatic N) is 4. The third-order valence-electron chi connectivity index (χ3n) is 5.76. The van der Waals surface area contributed by atoms with Crippen molar-refractivity contribution in [3.8, 4) is 11.3 Å². The number of hydrogen-bond acceptors (Lipinski definition) is 4. The van der Waals surface area contributed by atoms with Crippen molar-refractivity contribution < 1.29 is 14.4 Å². The van der Waals surface area contributed by atoms with E-state index < -0.39 is 5.91 Å². The second-order valence-electron chi connectivity index (χ2n) is 8.57. The Labute approximate surface area is 196 Å². The summed E-state index contributed by atoms with van der Waals surface area (Å²) in [6.45, 7) is 6.04. The molecule has 33 heavy (non-hydrogen) atoms. The molecule has 3 aromatic rings. The molecule has 1 aliphatic heterocycles. The zero-order valence-corrected chi connectivity index (χ0v) is 19.4. The summed E-state index contributed by atoms with van der Waals surface area (Å²) in [5.74, 6) is -0.329. The van der Waals surface area contributed by atoms with Crippen LogP contribution in [0.15, 0.2) is 42.5 Å². The van der Waals surface area contributed by atoms with Gasteiger partial charge < -0.3 is 15.5 Å². The Hall–Kier alpha value is -3.39. The van der Waals surface area contributed by atoms with Crippen molar-refractivity contribution in [1.82, 2.24) is 19.4 Å². The first-order chi connectivity index (χ1) is 15.8.